The lowest BCUT2D eigenvalue weighted by Crippen LogP contribution is -2.40. The van der Waals surface area contributed by atoms with E-state index in [0.29, 0.717) is 38.9 Å². The number of nitrogens with zero attached hydrogens (tertiary/aromatic N) is 3. The van der Waals surface area contributed by atoms with Crippen molar-refractivity contribution < 1.29 is 19.1 Å². The Balaban J connectivity index is 0.000000281. The largest absolute Gasteiger partial charge is 0.476 e. The summed E-state index contributed by atoms with van der Waals surface area (Å²) >= 11 is 5.84. The van der Waals surface area contributed by atoms with Crippen LogP contribution in [0.1, 0.15) is 43.6 Å². The number of aromatic amines is 1. The van der Waals surface area contributed by atoms with Crippen LogP contribution in [-0.2, 0) is 9.53 Å². The number of nitrogen functional groups attached to an aromatic ring is 1. The number of ether oxygens (including phenoxy) is 2. The highest BCUT2D eigenvalue weighted by Crippen LogP contribution is 2.22. The number of carbonyl (C=O) groups excluding carboxylic acids is 2. The van der Waals surface area contributed by atoms with Gasteiger partial charge in [0.25, 0.3) is 0 Å². The van der Waals surface area contributed by atoms with E-state index < -0.39 is 11.6 Å². The van der Waals surface area contributed by atoms with Gasteiger partial charge in [0.1, 0.15) is 17.6 Å². The molecule has 0 saturated heterocycles. The Morgan fingerprint density at radius 3 is 2.14 bits per heavy atom. The molecule has 4 rings (SSSR count). The van der Waals surface area contributed by atoms with E-state index in [1.54, 1.807) is 76.2 Å². The molecular weight excluding hydrogens is 470 g/mol. The van der Waals surface area contributed by atoms with Gasteiger partial charge < -0.3 is 20.2 Å². The minimum Gasteiger partial charge on any atom is -0.476 e. The zero-order chi connectivity index (χ0) is 25.6. The molecule has 0 bridgehead atoms. The first-order chi connectivity index (χ1) is 16.6. The Hall–Kier alpha value is -3.98. The average Bonchev–Trinajstić information content (AvgIpc) is 3.30. The van der Waals surface area contributed by atoms with Crippen molar-refractivity contribution in [3.05, 3.63) is 77.3 Å². The van der Waals surface area contributed by atoms with E-state index in [4.69, 9.17) is 26.8 Å². The molecule has 182 valence electrons. The minimum absolute atomic E-state index is 0.110. The number of benzene rings is 2. The molecule has 9 nitrogen and oxygen atoms in total. The van der Waals surface area contributed by atoms with Crippen LogP contribution in [0.4, 0.5) is 5.82 Å². The van der Waals surface area contributed by atoms with Crippen molar-refractivity contribution in [1.29, 1.82) is 0 Å². The monoisotopic (exact) mass is 495 g/mol. The summed E-state index contributed by atoms with van der Waals surface area (Å²) in [6.45, 7) is 6.85. The lowest BCUT2D eigenvalue weighted by molar-refractivity contribution is -0.163. The van der Waals surface area contributed by atoms with Gasteiger partial charge in [0.05, 0.1) is 12.4 Å². The van der Waals surface area contributed by atoms with Crippen LogP contribution in [0.3, 0.4) is 0 Å². The maximum atomic E-state index is 12.4. The molecule has 35 heavy (non-hydrogen) atoms. The summed E-state index contributed by atoms with van der Waals surface area (Å²) in [5, 5.41) is 0.579. The quantitative estimate of drug-likeness (QED) is 0.292. The number of hydrogen-bond donors (Lipinski definition) is 2. The van der Waals surface area contributed by atoms with Crippen molar-refractivity contribution in [2.75, 3.05) is 5.73 Å². The molecule has 2 aromatic heterocycles. The van der Waals surface area contributed by atoms with E-state index >= 15 is 0 Å². The zero-order valence-corrected chi connectivity index (χ0v) is 20.5. The summed E-state index contributed by atoms with van der Waals surface area (Å²) < 4.78 is 10.9. The highest BCUT2D eigenvalue weighted by atomic mass is 35.5. The average molecular weight is 496 g/mol. The standard InChI is InChI=1S/C20H21ClO4.C5H5N5/c1-13(2)24-19(23)20(3,4)25-17-11-7-15(8-12-17)18(22)14-5-9-16(21)10-6-14;6-4-3-5(9-1-7-3)10-2-8-4/h5-13H,1-4H3;1-2H,(H3,6,7,8,9,10). The van der Waals surface area contributed by atoms with Gasteiger partial charge in [-0.25, -0.2) is 19.7 Å². The fourth-order valence-electron chi connectivity index (χ4n) is 2.92. The van der Waals surface area contributed by atoms with E-state index in [0.717, 1.165) is 0 Å². The number of esters is 1. The number of H-pyrrole nitrogens is 1. The van der Waals surface area contributed by atoms with Crippen molar-refractivity contribution in [3.8, 4) is 5.75 Å². The molecule has 0 fully saturated rings. The molecular formula is C25H26ClN5O4. The van der Waals surface area contributed by atoms with E-state index in [-0.39, 0.29) is 11.9 Å². The van der Waals surface area contributed by atoms with Gasteiger partial charge in [-0.3, -0.25) is 4.79 Å². The van der Waals surface area contributed by atoms with Gasteiger partial charge in [0.15, 0.2) is 22.8 Å². The molecule has 2 heterocycles. The van der Waals surface area contributed by atoms with Crippen LogP contribution in [0, 0.1) is 0 Å². The van der Waals surface area contributed by atoms with Gasteiger partial charge in [-0.05, 0) is 76.2 Å². The number of nitrogens with two attached hydrogens (primary N) is 1. The van der Waals surface area contributed by atoms with Gasteiger partial charge in [0.2, 0.25) is 0 Å². The Kier molecular flexibility index (Phi) is 8.03. The first-order valence-electron chi connectivity index (χ1n) is 10.8. The Morgan fingerprint density at radius 1 is 0.971 bits per heavy atom. The van der Waals surface area contributed by atoms with E-state index in [1.165, 1.54) is 12.7 Å². The molecule has 0 aliphatic heterocycles. The van der Waals surface area contributed by atoms with E-state index in [1.807, 2.05) is 0 Å². The fourth-order valence-corrected chi connectivity index (χ4v) is 3.04. The highest BCUT2D eigenvalue weighted by molar-refractivity contribution is 6.30. The van der Waals surface area contributed by atoms with Crippen molar-refractivity contribution in [3.63, 3.8) is 0 Å². The van der Waals surface area contributed by atoms with Gasteiger partial charge in [-0.15, -0.1) is 0 Å². The first-order valence-corrected chi connectivity index (χ1v) is 11.1. The van der Waals surface area contributed by atoms with Gasteiger partial charge in [-0.1, -0.05) is 11.6 Å². The van der Waals surface area contributed by atoms with Crippen LogP contribution in [0.2, 0.25) is 5.02 Å². The van der Waals surface area contributed by atoms with Crippen LogP contribution in [-0.4, -0.2) is 43.4 Å². The maximum absolute atomic E-state index is 12.4. The SMILES string of the molecule is CC(C)OC(=O)C(C)(C)Oc1ccc(C(=O)c2ccc(Cl)cc2)cc1.Nc1ncnc2nc[nH]c12. The number of hydrogen-bond acceptors (Lipinski definition) is 8. The summed E-state index contributed by atoms with van der Waals surface area (Å²) in [4.78, 5) is 38.8. The van der Waals surface area contributed by atoms with Crippen molar-refractivity contribution in [2.24, 2.45) is 0 Å². The molecule has 0 spiro atoms. The first kappa shape index (κ1) is 25.6. The van der Waals surface area contributed by atoms with Crippen LogP contribution in [0.25, 0.3) is 11.2 Å². The number of ketones is 1. The second kappa shape index (κ2) is 11.0. The normalized spacial score (nSPS) is 11.0. The number of rotatable bonds is 6. The Labute approximate surface area is 207 Å². The molecule has 0 aliphatic rings. The summed E-state index contributed by atoms with van der Waals surface area (Å²) in [5.74, 6) is 0.367. The second-order valence-corrected chi connectivity index (χ2v) is 8.72. The number of carbonyl (C=O) groups is 2. The number of fused-ring (bicyclic) bond motifs is 1. The molecule has 0 unspecified atom stereocenters. The zero-order valence-electron chi connectivity index (χ0n) is 19.8. The predicted molar refractivity (Wildman–Crippen MR) is 133 cm³/mol. The molecule has 0 radical (unpaired) electrons. The van der Waals surface area contributed by atoms with Crippen LogP contribution in [0.5, 0.6) is 5.75 Å². The van der Waals surface area contributed by atoms with Gasteiger partial charge >= 0.3 is 5.97 Å². The Morgan fingerprint density at radius 2 is 1.57 bits per heavy atom. The summed E-state index contributed by atoms with van der Waals surface area (Å²) in [5.41, 5.74) is 6.74. The number of aromatic nitrogens is 4. The molecule has 0 amide bonds. The maximum Gasteiger partial charge on any atom is 0.350 e. The van der Waals surface area contributed by atoms with E-state index in [2.05, 4.69) is 19.9 Å². The second-order valence-electron chi connectivity index (χ2n) is 8.29. The number of imidazole rings is 1. The third-order valence-electron chi connectivity index (χ3n) is 4.68. The molecule has 10 heteroatoms. The minimum atomic E-state index is -1.12. The summed E-state index contributed by atoms with van der Waals surface area (Å²) in [7, 11) is 0. The number of nitrogens with one attached hydrogen (secondary N) is 1. The predicted octanol–water partition coefficient (Wildman–Crippen LogP) is 4.62. The molecule has 2 aromatic carbocycles. The lowest BCUT2D eigenvalue weighted by Gasteiger charge is -2.25. The molecule has 0 saturated carbocycles. The number of anilines is 1. The third kappa shape index (κ3) is 6.77. The topological polar surface area (TPSA) is 133 Å². The van der Waals surface area contributed by atoms with Crippen LogP contribution in [0.15, 0.2) is 61.2 Å². The fraction of sp³-hybridized carbons (Fsp3) is 0.240. The summed E-state index contributed by atoms with van der Waals surface area (Å²) in [6.07, 6.45) is 2.71. The lowest BCUT2D eigenvalue weighted by atomic mass is 10.0. The summed E-state index contributed by atoms with van der Waals surface area (Å²) in [6, 6.07) is 13.4. The van der Waals surface area contributed by atoms with Crippen molar-refractivity contribution >= 4 is 40.3 Å². The van der Waals surface area contributed by atoms with Crippen LogP contribution >= 0.6 is 11.6 Å². The van der Waals surface area contributed by atoms with Gasteiger partial charge in [-0.2, -0.15) is 0 Å². The molecule has 0 atom stereocenters. The highest BCUT2D eigenvalue weighted by Gasteiger charge is 2.32. The molecule has 4 aromatic rings. The number of halogens is 1. The van der Waals surface area contributed by atoms with Gasteiger partial charge in [0, 0.05) is 16.1 Å². The molecule has 3 N–H and O–H groups in total. The van der Waals surface area contributed by atoms with Crippen molar-refractivity contribution in [1.82, 2.24) is 19.9 Å². The third-order valence-corrected chi connectivity index (χ3v) is 4.93. The van der Waals surface area contributed by atoms with Crippen molar-refractivity contribution in [2.45, 2.75) is 39.4 Å². The van der Waals surface area contributed by atoms with Crippen LogP contribution < -0.4 is 10.5 Å². The molecule has 0 aliphatic carbocycles. The van der Waals surface area contributed by atoms with E-state index in [9.17, 15) is 9.59 Å². The smallest absolute Gasteiger partial charge is 0.350 e. The Bertz CT molecular complexity index is 1300.